The van der Waals surface area contributed by atoms with Crippen molar-refractivity contribution in [3.05, 3.63) is 54.1 Å². The van der Waals surface area contributed by atoms with Crippen LogP contribution >= 0.6 is 0 Å². The zero-order chi connectivity index (χ0) is 18.9. The Kier molecular flexibility index (Phi) is 7.02. The number of carbonyl (C=O) groups is 2. The molecular weight excluding hydrogens is 330 g/mol. The molecule has 0 spiro atoms. The van der Waals surface area contributed by atoms with Crippen LogP contribution in [-0.2, 0) is 4.79 Å². The lowest BCUT2D eigenvalue weighted by atomic mass is 10.2. The summed E-state index contributed by atoms with van der Waals surface area (Å²) < 4.78 is 5.61. The molecule has 0 atom stereocenters. The largest absolute Gasteiger partial charge is 0.491 e. The zero-order valence-electron chi connectivity index (χ0n) is 15.3. The van der Waals surface area contributed by atoms with Crippen LogP contribution in [0.4, 0.5) is 11.4 Å². The van der Waals surface area contributed by atoms with Crippen LogP contribution in [0.2, 0.25) is 0 Å². The van der Waals surface area contributed by atoms with Gasteiger partial charge < -0.3 is 20.7 Å². The van der Waals surface area contributed by atoms with Gasteiger partial charge >= 0.3 is 0 Å². The summed E-state index contributed by atoms with van der Waals surface area (Å²) >= 11 is 0. The molecule has 0 bridgehead atoms. The van der Waals surface area contributed by atoms with Crippen LogP contribution in [0, 0.1) is 0 Å². The van der Waals surface area contributed by atoms with Crippen LogP contribution < -0.4 is 20.7 Å². The highest BCUT2D eigenvalue weighted by Crippen LogP contribution is 2.18. The van der Waals surface area contributed by atoms with Gasteiger partial charge in [0.15, 0.2) is 0 Å². The molecule has 2 rings (SSSR count). The van der Waals surface area contributed by atoms with E-state index in [4.69, 9.17) is 4.74 Å². The molecule has 2 aromatic rings. The van der Waals surface area contributed by atoms with E-state index < -0.39 is 0 Å². The lowest BCUT2D eigenvalue weighted by molar-refractivity contribution is -0.114. The molecule has 6 nitrogen and oxygen atoms in total. The van der Waals surface area contributed by atoms with Gasteiger partial charge in [0.05, 0.1) is 12.6 Å². The highest BCUT2D eigenvalue weighted by atomic mass is 16.5. The summed E-state index contributed by atoms with van der Waals surface area (Å²) in [5.41, 5.74) is 2.04. The molecule has 3 N–H and O–H groups in total. The third kappa shape index (κ3) is 6.12. The summed E-state index contributed by atoms with van der Waals surface area (Å²) in [6.45, 7) is 6.48. The van der Waals surface area contributed by atoms with E-state index >= 15 is 0 Å². The standard InChI is InChI=1S/C20H25N3O3/c1-4-21-20(25)15-8-10-16(11-9-15)22-13-19(24)23-17-6-5-7-18(12-17)26-14(2)3/h5-12,14,22H,4,13H2,1-3H3,(H,21,25)(H,23,24). The summed E-state index contributed by atoms with van der Waals surface area (Å²) in [6.07, 6.45) is 0.0741. The van der Waals surface area contributed by atoms with Crippen LogP contribution in [0.5, 0.6) is 5.75 Å². The zero-order valence-corrected chi connectivity index (χ0v) is 15.3. The first-order valence-electron chi connectivity index (χ1n) is 8.66. The Bertz CT molecular complexity index is 742. The molecule has 0 unspecified atom stereocenters. The van der Waals surface area contributed by atoms with Gasteiger partial charge in [0.25, 0.3) is 5.91 Å². The number of ether oxygens (including phenoxy) is 1. The van der Waals surface area contributed by atoms with E-state index in [1.807, 2.05) is 39.0 Å². The van der Waals surface area contributed by atoms with Gasteiger partial charge in [-0.15, -0.1) is 0 Å². The Morgan fingerprint density at radius 1 is 1.04 bits per heavy atom. The van der Waals surface area contributed by atoms with Gasteiger partial charge in [-0.2, -0.15) is 0 Å². The highest BCUT2D eigenvalue weighted by Gasteiger charge is 2.06. The first-order chi connectivity index (χ1) is 12.5. The molecule has 0 aliphatic heterocycles. The fourth-order valence-corrected chi connectivity index (χ4v) is 2.31. The number of carbonyl (C=O) groups excluding carboxylic acids is 2. The number of amides is 2. The van der Waals surface area contributed by atoms with Crippen LogP contribution in [0.15, 0.2) is 48.5 Å². The van der Waals surface area contributed by atoms with Crippen molar-refractivity contribution in [1.82, 2.24) is 5.32 Å². The first kappa shape index (κ1) is 19.3. The van der Waals surface area contributed by atoms with E-state index in [2.05, 4.69) is 16.0 Å². The molecule has 138 valence electrons. The van der Waals surface area contributed by atoms with Gasteiger partial charge in [0.2, 0.25) is 5.91 Å². The van der Waals surface area contributed by atoms with Crippen LogP contribution in [0.1, 0.15) is 31.1 Å². The molecule has 0 heterocycles. The number of hydrogen-bond donors (Lipinski definition) is 3. The van der Waals surface area contributed by atoms with Crippen molar-refractivity contribution in [2.75, 3.05) is 23.7 Å². The fraction of sp³-hybridized carbons (Fsp3) is 0.300. The van der Waals surface area contributed by atoms with Crippen molar-refractivity contribution in [1.29, 1.82) is 0 Å². The average Bonchev–Trinajstić information content (AvgIpc) is 2.60. The molecule has 6 heteroatoms. The third-order valence-corrected chi connectivity index (χ3v) is 3.43. The maximum absolute atomic E-state index is 12.1. The van der Waals surface area contributed by atoms with Crippen LogP contribution in [-0.4, -0.2) is 31.0 Å². The number of anilines is 2. The second-order valence-electron chi connectivity index (χ2n) is 6.03. The first-order valence-corrected chi connectivity index (χ1v) is 8.66. The Morgan fingerprint density at radius 3 is 2.42 bits per heavy atom. The number of hydrogen-bond acceptors (Lipinski definition) is 4. The van der Waals surface area contributed by atoms with Gasteiger partial charge in [-0.3, -0.25) is 9.59 Å². The van der Waals surface area contributed by atoms with Gasteiger partial charge in [-0.25, -0.2) is 0 Å². The smallest absolute Gasteiger partial charge is 0.251 e. The van der Waals surface area contributed by atoms with Gasteiger partial charge in [-0.1, -0.05) is 6.07 Å². The van der Waals surface area contributed by atoms with Gasteiger partial charge in [0.1, 0.15) is 5.75 Å². The molecule has 0 fully saturated rings. The summed E-state index contributed by atoms with van der Waals surface area (Å²) in [7, 11) is 0. The quantitative estimate of drug-likeness (QED) is 0.679. The molecular formula is C20H25N3O3. The topological polar surface area (TPSA) is 79.5 Å². The molecule has 2 amide bonds. The SMILES string of the molecule is CCNC(=O)c1ccc(NCC(=O)Nc2cccc(OC(C)C)c2)cc1. The molecule has 2 aromatic carbocycles. The van der Waals surface area contributed by atoms with E-state index in [0.29, 0.717) is 23.5 Å². The molecule has 0 radical (unpaired) electrons. The molecule has 0 saturated heterocycles. The number of benzene rings is 2. The van der Waals surface area contributed by atoms with Crippen molar-refractivity contribution in [2.24, 2.45) is 0 Å². The summed E-state index contributed by atoms with van der Waals surface area (Å²) in [4.78, 5) is 23.8. The van der Waals surface area contributed by atoms with Crippen molar-refractivity contribution in [3.8, 4) is 5.75 Å². The molecule has 0 saturated carbocycles. The Hall–Kier alpha value is -3.02. The van der Waals surface area contributed by atoms with E-state index in [9.17, 15) is 9.59 Å². The molecule has 26 heavy (non-hydrogen) atoms. The predicted octanol–water partition coefficient (Wildman–Crippen LogP) is 3.27. The number of nitrogens with one attached hydrogen (secondary N) is 3. The average molecular weight is 355 g/mol. The molecule has 0 aliphatic carbocycles. The minimum Gasteiger partial charge on any atom is -0.491 e. The maximum atomic E-state index is 12.1. The van der Waals surface area contributed by atoms with E-state index in [1.165, 1.54) is 0 Å². The van der Waals surface area contributed by atoms with Gasteiger partial charge in [0, 0.05) is 29.5 Å². The summed E-state index contributed by atoms with van der Waals surface area (Å²) in [6, 6.07) is 14.3. The normalized spacial score (nSPS) is 10.3. The van der Waals surface area contributed by atoms with E-state index in [0.717, 1.165) is 5.69 Å². The second-order valence-corrected chi connectivity index (χ2v) is 6.03. The Labute approximate surface area is 153 Å². The van der Waals surface area contributed by atoms with Crippen LogP contribution in [0.3, 0.4) is 0 Å². The number of rotatable bonds is 8. The minimum atomic E-state index is -0.167. The van der Waals surface area contributed by atoms with E-state index in [1.54, 1.807) is 30.3 Å². The second kappa shape index (κ2) is 9.46. The monoisotopic (exact) mass is 355 g/mol. The lowest BCUT2D eigenvalue weighted by Crippen LogP contribution is -2.23. The summed E-state index contributed by atoms with van der Waals surface area (Å²) in [5.74, 6) is 0.437. The lowest BCUT2D eigenvalue weighted by Gasteiger charge is -2.12. The Morgan fingerprint density at radius 2 is 1.77 bits per heavy atom. The van der Waals surface area contributed by atoms with Crippen LogP contribution in [0.25, 0.3) is 0 Å². The Balaban J connectivity index is 1.86. The summed E-state index contributed by atoms with van der Waals surface area (Å²) in [5, 5.41) is 8.60. The van der Waals surface area contributed by atoms with Crippen molar-refractivity contribution >= 4 is 23.2 Å². The third-order valence-electron chi connectivity index (χ3n) is 3.43. The van der Waals surface area contributed by atoms with Gasteiger partial charge in [-0.05, 0) is 57.2 Å². The fourth-order valence-electron chi connectivity index (χ4n) is 2.31. The maximum Gasteiger partial charge on any atom is 0.251 e. The molecule has 0 aromatic heterocycles. The predicted molar refractivity (Wildman–Crippen MR) is 104 cm³/mol. The highest BCUT2D eigenvalue weighted by molar-refractivity contribution is 5.95. The van der Waals surface area contributed by atoms with Crippen molar-refractivity contribution < 1.29 is 14.3 Å². The van der Waals surface area contributed by atoms with Crippen molar-refractivity contribution in [3.63, 3.8) is 0 Å². The molecule has 0 aliphatic rings. The minimum absolute atomic E-state index is 0.0741. The van der Waals surface area contributed by atoms with Crippen molar-refractivity contribution in [2.45, 2.75) is 26.9 Å². The van der Waals surface area contributed by atoms with E-state index in [-0.39, 0.29) is 24.5 Å².